The Morgan fingerprint density at radius 3 is 2.24 bits per heavy atom. The van der Waals surface area contributed by atoms with Gasteiger partial charge in [0.15, 0.2) is 6.29 Å². The molecule has 0 fully saturated rings. The van der Waals surface area contributed by atoms with Crippen molar-refractivity contribution in [3.05, 3.63) is 35.4 Å². The van der Waals surface area contributed by atoms with Crippen LogP contribution < -0.4 is 0 Å². The molecule has 1 unspecified atom stereocenters. The fourth-order valence-corrected chi connectivity index (χ4v) is 1.27. The van der Waals surface area contributed by atoms with Gasteiger partial charge in [0, 0.05) is 0 Å². The molecule has 0 bridgehead atoms. The monoisotopic (exact) mass is 238 g/mol. The third kappa shape index (κ3) is 3.57. The maximum atomic E-state index is 11.6. The molecule has 0 saturated heterocycles. The number of rotatable bonds is 4. The van der Waals surface area contributed by atoms with Crippen LogP contribution >= 0.6 is 0 Å². The number of benzene rings is 1. The van der Waals surface area contributed by atoms with E-state index < -0.39 is 18.2 Å². The van der Waals surface area contributed by atoms with E-state index in [1.807, 2.05) is 0 Å². The van der Waals surface area contributed by atoms with Gasteiger partial charge >= 0.3 is 11.9 Å². The van der Waals surface area contributed by atoms with E-state index in [1.165, 1.54) is 19.1 Å². The van der Waals surface area contributed by atoms with Crippen molar-refractivity contribution in [2.45, 2.75) is 20.1 Å². The Hall–Kier alpha value is -1.88. The summed E-state index contributed by atoms with van der Waals surface area (Å²) in [6.45, 7) is 3.21. The summed E-state index contributed by atoms with van der Waals surface area (Å²) in [7, 11) is 0. The number of aliphatic hydroxyl groups is 1. The lowest BCUT2D eigenvalue weighted by molar-refractivity contribution is -0.0524. The topological polar surface area (TPSA) is 72.8 Å². The Balaban J connectivity index is 2.99. The first-order valence-electron chi connectivity index (χ1n) is 5.21. The van der Waals surface area contributed by atoms with Crippen LogP contribution in [0.15, 0.2) is 24.3 Å². The molecule has 1 N–H and O–H groups in total. The Morgan fingerprint density at radius 2 is 1.76 bits per heavy atom. The van der Waals surface area contributed by atoms with Crippen LogP contribution in [0, 0.1) is 0 Å². The lowest BCUT2D eigenvalue weighted by atomic mass is 10.1. The van der Waals surface area contributed by atoms with Crippen LogP contribution in [-0.2, 0) is 9.47 Å². The molecule has 0 aliphatic heterocycles. The normalized spacial score (nSPS) is 11.7. The Morgan fingerprint density at radius 1 is 1.24 bits per heavy atom. The zero-order valence-corrected chi connectivity index (χ0v) is 9.67. The van der Waals surface area contributed by atoms with Gasteiger partial charge in [0.1, 0.15) is 0 Å². The highest BCUT2D eigenvalue weighted by Gasteiger charge is 2.19. The molecular formula is C12H14O5. The lowest BCUT2D eigenvalue weighted by Gasteiger charge is -2.10. The third-order valence-corrected chi connectivity index (χ3v) is 1.92. The van der Waals surface area contributed by atoms with Crippen molar-refractivity contribution in [3.63, 3.8) is 0 Å². The Labute approximate surface area is 99.0 Å². The van der Waals surface area contributed by atoms with Gasteiger partial charge < -0.3 is 14.6 Å². The molecule has 92 valence electrons. The predicted molar refractivity (Wildman–Crippen MR) is 59.5 cm³/mol. The van der Waals surface area contributed by atoms with Gasteiger partial charge in [-0.15, -0.1) is 0 Å². The Bertz CT molecular complexity index is 411. The molecule has 5 heteroatoms. The van der Waals surface area contributed by atoms with Crippen LogP contribution in [-0.4, -0.2) is 29.9 Å². The zero-order chi connectivity index (χ0) is 12.8. The first kappa shape index (κ1) is 13.2. The highest BCUT2D eigenvalue weighted by atomic mass is 16.6. The summed E-state index contributed by atoms with van der Waals surface area (Å²) < 4.78 is 9.43. The zero-order valence-electron chi connectivity index (χ0n) is 9.67. The van der Waals surface area contributed by atoms with Gasteiger partial charge in [-0.25, -0.2) is 9.59 Å². The lowest BCUT2D eigenvalue weighted by Crippen LogP contribution is -2.18. The van der Waals surface area contributed by atoms with Crippen LogP contribution in [0.2, 0.25) is 0 Å². The van der Waals surface area contributed by atoms with E-state index in [-0.39, 0.29) is 17.7 Å². The quantitative estimate of drug-likeness (QED) is 0.633. The van der Waals surface area contributed by atoms with Gasteiger partial charge in [0.2, 0.25) is 0 Å². The molecule has 0 aliphatic rings. The molecule has 0 saturated carbocycles. The van der Waals surface area contributed by atoms with Crippen LogP contribution in [0.4, 0.5) is 0 Å². The summed E-state index contributed by atoms with van der Waals surface area (Å²) in [6, 6.07) is 6.13. The summed E-state index contributed by atoms with van der Waals surface area (Å²) in [4.78, 5) is 23.2. The van der Waals surface area contributed by atoms with Crippen molar-refractivity contribution in [1.82, 2.24) is 0 Å². The van der Waals surface area contributed by atoms with Gasteiger partial charge in [-0.3, -0.25) is 0 Å². The maximum Gasteiger partial charge on any atom is 0.341 e. The van der Waals surface area contributed by atoms with E-state index in [2.05, 4.69) is 4.74 Å². The van der Waals surface area contributed by atoms with Gasteiger partial charge in [-0.05, 0) is 26.0 Å². The molecule has 0 aliphatic carbocycles. The fourth-order valence-electron chi connectivity index (χ4n) is 1.27. The third-order valence-electron chi connectivity index (χ3n) is 1.92. The number of carbonyl (C=O) groups excluding carboxylic acids is 2. The molecule has 5 nitrogen and oxygen atoms in total. The van der Waals surface area contributed by atoms with Crippen LogP contribution in [0.1, 0.15) is 34.6 Å². The summed E-state index contributed by atoms with van der Waals surface area (Å²) >= 11 is 0. The minimum absolute atomic E-state index is 0.0758. The largest absolute Gasteiger partial charge is 0.462 e. The van der Waals surface area contributed by atoms with E-state index in [0.29, 0.717) is 0 Å². The first-order valence-corrected chi connectivity index (χ1v) is 5.21. The standard InChI is InChI=1S/C12H14O5/c1-3-16-11(14)9-6-4-5-7-10(9)12(15)17-8(2)13/h4-8,13H,3H2,1-2H3. The number of hydrogen-bond donors (Lipinski definition) is 1. The molecule has 0 amide bonds. The van der Waals surface area contributed by atoms with Crippen molar-refractivity contribution in [1.29, 1.82) is 0 Å². The van der Waals surface area contributed by atoms with Crippen molar-refractivity contribution in [3.8, 4) is 0 Å². The fraction of sp³-hybridized carbons (Fsp3) is 0.333. The minimum Gasteiger partial charge on any atom is -0.462 e. The summed E-state index contributed by atoms with van der Waals surface area (Å²) in [5, 5.41) is 8.96. The predicted octanol–water partition coefficient (Wildman–Crippen LogP) is 1.36. The van der Waals surface area contributed by atoms with E-state index >= 15 is 0 Å². The van der Waals surface area contributed by atoms with Crippen molar-refractivity contribution >= 4 is 11.9 Å². The van der Waals surface area contributed by atoms with E-state index in [9.17, 15) is 9.59 Å². The second-order valence-electron chi connectivity index (χ2n) is 3.27. The smallest absolute Gasteiger partial charge is 0.341 e. The van der Waals surface area contributed by atoms with Crippen LogP contribution in [0.25, 0.3) is 0 Å². The number of esters is 2. The van der Waals surface area contributed by atoms with Crippen molar-refractivity contribution < 1.29 is 24.2 Å². The average Bonchev–Trinajstić information content (AvgIpc) is 2.28. The second kappa shape index (κ2) is 6.00. The maximum absolute atomic E-state index is 11.6. The van der Waals surface area contributed by atoms with Crippen LogP contribution in [0.5, 0.6) is 0 Å². The molecule has 1 rings (SSSR count). The van der Waals surface area contributed by atoms with Gasteiger partial charge in [0.05, 0.1) is 17.7 Å². The molecule has 0 aromatic heterocycles. The molecule has 1 aromatic carbocycles. The summed E-state index contributed by atoms with van der Waals surface area (Å²) in [5.74, 6) is -1.35. The summed E-state index contributed by atoms with van der Waals surface area (Å²) in [5.41, 5.74) is 0.201. The van der Waals surface area contributed by atoms with Crippen molar-refractivity contribution in [2.24, 2.45) is 0 Å². The minimum atomic E-state index is -1.22. The van der Waals surface area contributed by atoms with Crippen LogP contribution in [0.3, 0.4) is 0 Å². The highest BCUT2D eigenvalue weighted by Crippen LogP contribution is 2.12. The molecule has 0 radical (unpaired) electrons. The number of aliphatic hydroxyl groups excluding tert-OH is 1. The molecule has 0 spiro atoms. The SMILES string of the molecule is CCOC(=O)c1ccccc1C(=O)OC(C)O. The van der Waals surface area contributed by atoms with Gasteiger partial charge in [-0.1, -0.05) is 12.1 Å². The molecule has 0 heterocycles. The average molecular weight is 238 g/mol. The van der Waals surface area contributed by atoms with E-state index in [4.69, 9.17) is 9.84 Å². The number of hydrogen-bond acceptors (Lipinski definition) is 5. The molecular weight excluding hydrogens is 224 g/mol. The summed E-state index contributed by atoms with van der Waals surface area (Å²) in [6.07, 6.45) is -1.22. The molecule has 1 aromatic rings. The highest BCUT2D eigenvalue weighted by molar-refractivity contribution is 6.03. The number of ether oxygens (including phenoxy) is 2. The molecule has 1 atom stereocenters. The molecule has 17 heavy (non-hydrogen) atoms. The second-order valence-corrected chi connectivity index (χ2v) is 3.27. The van der Waals surface area contributed by atoms with Gasteiger partial charge in [-0.2, -0.15) is 0 Å². The van der Waals surface area contributed by atoms with E-state index in [1.54, 1.807) is 19.1 Å². The Kier molecular flexibility index (Phi) is 4.66. The van der Waals surface area contributed by atoms with E-state index in [0.717, 1.165) is 0 Å². The van der Waals surface area contributed by atoms with Gasteiger partial charge in [0.25, 0.3) is 0 Å². The first-order chi connectivity index (χ1) is 8.06. The van der Waals surface area contributed by atoms with Crippen molar-refractivity contribution in [2.75, 3.05) is 6.61 Å². The number of carbonyl (C=O) groups is 2.